The lowest BCUT2D eigenvalue weighted by atomic mass is 9.93. The van der Waals surface area contributed by atoms with Crippen molar-refractivity contribution in [1.82, 2.24) is 14.9 Å². The summed E-state index contributed by atoms with van der Waals surface area (Å²) in [7, 11) is 6.93. The molecule has 0 unspecified atom stereocenters. The summed E-state index contributed by atoms with van der Waals surface area (Å²) in [6.45, 7) is 1.81. The van der Waals surface area contributed by atoms with Crippen LogP contribution in [0, 0.1) is 0 Å². The Kier molecular flexibility index (Phi) is 6.39. The van der Waals surface area contributed by atoms with Crippen molar-refractivity contribution in [2.75, 3.05) is 38.8 Å². The molecule has 3 aromatic rings. The van der Waals surface area contributed by atoms with Crippen LogP contribution in [-0.2, 0) is 16.4 Å². The van der Waals surface area contributed by atoms with E-state index in [1.807, 2.05) is 14.1 Å². The Morgan fingerprint density at radius 2 is 1.97 bits per heavy atom. The summed E-state index contributed by atoms with van der Waals surface area (Å²) >= 11 is 0. The molecule has 3 rings (SSSR count). The van der Waals surface area contributed by atoms with Crippen LogP contribution in [0.25, 0.3) is 10.9 Å². The van der Waals surface area contributed by atoms with Gasteiger partial charge in [-0.2, -0.15) is 0 Å². The number of ether oxygens (including phenoxy) is 1. The smallest absolute Gasteiger partial charge is 0.175 e. The molecule has 0 spiro atoms. The summed E-state index contributed by atoms with van der Waals surface area (Å²) in [6, 6.07) is 10.2. The van der Waals surface area contributed by atoms with Gasteiger partial charge in [-0.1, -0.05) is 23.7 Å². The number of nitrogens with one attached hydrogen (secondary N) is 1. The lowest BCUT2D eigenvalue weighted by Crippen LogP contribution is -2.21. The number of aromatic nitrogens is 2. The molecule has 0 bridgehead atoms. The zero-order valence-electron chi connectivity index (χ0n) is 16.7. The van der Waals surface area contributed by atoms with Crippen LogP contribution in [0.1, 0.15) is 5.56 Å². The Morgan fingerprint density at radius 3 is 2.69 bits per heavy atom. The highest BCUT2D eigenvalue weighted by Gasteiger charge is 2.10. The number of fused-ring (bicyclic) bond motifs is 1. The Hall–Kier alpha value is -2.65. The minimum absolute atomic E-state index is 0.193. The van der Waals surface area contributed by atoms with Crippen LogP contribution >= 0.6 is 0 Å². The molecule has 2 radical (unpaired) electrons. The van der Waals surface area contributed by atoms with Gasteiger partial charge in [0.1, 0.15) is 32.3 Å². The zero-order valence-corrected chi connectivity index (χ0v) is 17.5. The average molecular weight is 410 g/mol. The summed E-state index contributed by atoms with van der Waals surface area (Å²) in [6.07, 6.45) is 2.67. The van der Waals surface area contributed by atoms with Gasteiger partial charge in [-0.3, -0.25) is 0 Å². The molecule has 0 saturated heterocycles. The van der Waals surface area contributed by atoms with Gasteiger partial charge in [-0.25, -0.2) is 18.4 Å². The first-order chi connectivity index (χ1) is 13.7. The van der Waals surface area contributed by atoms with Crippen LogP contribution in [0.5, 0.6) is 5.75 Å². The molecule has 2 aromatic carbocycles. The van der Waals surface area contributed by atoms with Crippen LogP contribution in [0.4, 0.5) is 5.82 Å². The number of nitrogens with zero attached hydrogens (tertiary/aromatic N) is 3. The van der Waals surface area contributed by atoms with Crippen molar-refractivity contribution in [3.63, 3.8) is 0 Å². The quantitative estimate of drug-likeness (QED) is 0.562. The van der Waals surface area contributed by atoms with Gasteiger partial charge < -0.3 is 15.0 Å². The molecule has 0 fully saturated rings. The van der Waals surface area contributed by atoms with Gasteiger partial charge >= 0.3 is 0 Å². The summed E-state index contributed by atoms with van der Waals surface area (Å²) in [5.41, 5.74) is 1.91. The summed E-state index contributed by atoms with van der Waals surface area (Å²) in [4.78, 5) is 11.0. The van der Waals surface area contributed by atoms with E-state index in [-0.39, 0.29) is 11.5 Å². The van der Waals surface area contributed by atoms with Crippen molar-refractivity contribution in [2.45, 2.75) is 11.5 Å². The molecule has 9 heteroatoms. The highest BCUT2D eigenvalue weighted by Crippen LogP contribution is 2.23. The maximum Gasteiger partial charge on any atom is 0.175 e. The molecule has 0 aliphatic carbocycles. The number of likely N-dealkylation sites (N-methyl/N-ethyl adjacent to an activating group) is 1. The number of hydrogen-bond donors (Lipinski definition) is 1. The van der Waals surface area contributed by atoms with E-state index >= 15 is 0 Å². The summed E-state index contributed by atoms with van der Waals surface area (Å²) < 4.78 is 29.3. The molecule has 7 nitrogen and oxygen atoms in total. The van der Waals surface area contributed by atoms with Gasteiger partial charge in [-0.05, 0) is 31.8 Å². The molecule has 29 heavy (non-hydrogen) atoms. The Morgan fingerprint density at radius 1 is 1.17 bits per heavy atom. The zero-order chi connectivity index (χ0) is 21.0. The van der Waals surface area contributed by atoms with Gasteiger partial charge in [0.2, 0.25) is 0 Å². The van der Waals surface area contributed by atoms with Crippen LogP contribution in [0.2, 0.25) is 0 Å². The van der Waals surface area contributed by atoms with E-state index in [1.54, 1.807) is 36.4 Å². The van der Waals surface area contributed by atoms with Crippen LogP contribution in [-0.4, -0.2) is 64.6 Å². The first-order valence-electron chi connectivity index (χ1n) is 9.08. The minimum atomic E-state index is -3.27. The van der Waals surface area contributed by atoms with Crippen molar-refractivity contribution < 1.29 is 13.2 Å². The molecular weight excluding hydrogens is 387 g/mol. The monoisotopic (exact) mass is 410 g/mol. The van der Waals surface area contributed by atoms with Gasteiger partial charge in [0, 0.05) is 30.8 Å². The third kappa shape index (κ3) is 5.45. The number of rotatable bonds is 8. The maximum absolute atomic E-state index is 11.7. The maximum atomic E-state index is 11.7. The normalized spacial score (nSPS) is 11.7. The fraction of sp³-hybridized carbons (Fsp3) is 0.300. The molecule has 0 aliphatic heterocycles. The van der Waals surface area contributed by atoms with Crippen molar-refractivity contribution in [3.05, 3.63) is 48.3 Å². The molecule has 1 aromatic heterocycles. The van der Waals surface area contributed by atoms with Crippen LogP contribution < -0.4 is 15.5 Å². The van der Waals surface area contributed by atoms with Crippen LogP contribution in [0.3, 0.4) is 0 Å². The minimum Gasteiger partial charge on any atom is -0.489 e. The lowest BCUT2D eigenvalue weighted by Gasteiger charge is -2.14. The third-order valence-corrected chi connectivity index (χ3v) is 5.45. The standard InChI is InChI=1S/C20H23BN4O3S/c1-25(2)8-7-22-20-16-10-17(21)19(11-18(16)23-13-24-20)28-12-14-5-4-6-15(9-14)29(3,26)27/h4-6,9-11,13H,7-8,12H2,1-3H3,(H,22,23,24). The third-order valence-electron chi connectivity index (χ3n) is 4.34. The van der Waals surface area contributed by atoms with E-state index in [9.17, 15) is 8.42 Å². The van der Waals surface area contributed by atoms with E-state index in [0.717, 1.165) is 29.9 Å². The van der Waals surface area contributed by atoms with Crippen molar-refractivity contribution in [1.29, 1.82) is 0 Å². The Bertz CT molecular complexity index is 1120. The molecule has 0 atom stereocenters. The topological polar surface area (TPSA) is 84.4 Å². The SMILES string of the molecule is [B]c1cc2c(NCCN(C)C)ncnc2cc1OCc1cccc(S(C)(=O)=O)c1. The van der Waals surface area contributed by atoms with Crippen molar-refractivity contribution in [3.8, 4) is 5.75 Å². The van der Waals surface area contributed by atoms with Gasteiger partial charge in [0.05, 0.1) is 10.4 Å². The van der Waals surface area contributed by atoms with E-state index in [4.69, 9.17) is 12.6 Å². The highest BCUT2D eigenvalue weighted by atomic mass is 32.2. The first kappa shape index (κ1) is 21.1. The molecular formula is C20H23BN4O3S. The van der Waals surface area contributed by atoms with Crippen molar-refractivity contribution >= 4 is 39.9 Å². The second kappa shape index (κ2) is 8.79. The average Bonchev–Trinajstić information content (AvgIpc) is 2.66. The van der Waals surface area contributed by atoms with E-state index in [2.05, 4.69) is 20.2 Å². The molecule has 1 N–H and O–H groups in total. The molecule has 0 amide bonds. The number of benzene rings is 2. The fourth-order valence-electron chi connectivity index (χ4n) is 2.79. The van der Waals surface area contributed by atoms with E-state index in [0.29, 0.717) is 16.7 Å². The fourth-order valence-corrected chi connectivity index (χ4v) is 3.48. The lowest BCUT2D eigenvalue weighted by molar-refractivity contribution is 0.309. The number of anilines is 1. The van der Waals surface area contributed by atoms with Gasteiger partial charge in [0.15, 0.2) is 9.84 Å². The summed E-state index contributed by atoms with van der Waals surface area (Å²) in [5.74, 6) is 1.20. The highest BCUT2D eigenvalue weighted by molar-refractivity contribution is 7.90. The molecule has 0 saturated carbocycles. The number of sulfone groups is 1. The Balaban J connectivity index is 1.80. The second-order valence-electron chi connectivity index (χ2n) is 7.07. The predicted octanol–water partition coefficient (Wildman–Crippen LogP) is 1.38. The van der Waals surface area contributed by atoms with Crippen molar-refractivity contribution in [2.24, 2.45) is 0 Å². The Labute approximate surface area is 172 Å². The number of hydrogen-bond acceptors (Lipinski definition) is 7. The molecule has 0 aliphatic rings. The second-order valence-corrected chi connectivity index (χ2v) is 9.08. The van der Waals surface area contributed by atoms with Gasteiger partial charge in [-0.15, -0.1) is 0 Å². The molecule has 150 valence electrons. The first-order valence-corrected chi connectivity index (χ1v) is 11.0. The van der Waals surface area contributed by atoms with Crippen LogP contribution in [0.15, 0.2) is 47.6 Å². The van der Waals surface area contributed by atoms with E-state index < -0.39 is 9.84 Å². The largest absolute Gasteiger partial charge is 0.489 e. The van der Waals surface area contributed by atoms with Gasteiger partial charge in [0.25, 0.3) is 0 Å². The van der Waals surface area contributed by atoms with E-state index in [1.165, 1.54) is 12.6 Å². The summed E-state index contributed by atoms with van der Waals surface area (Å²) in [5, 5.41) is 4.11. The predicted molar refractivity (Wildman–Crippen MR) is 116 cm³/mol. The molecule has 1 heterocycles.